The van der Waals surface area contributed by atoms with Crippen molar-refractivity contribution in [1.29, 1.82) is 0 Å². The highest BCUT2D eigenvalue weighted by Crippen LogP contribution is 2.32. The van der Waals surface area contributed by atoms with E-state index in [9.17, 15) is 4.79 Å². The fraction of sp³-hybridized carbons (Fsp3) is 0.600. The number of carbonyl (C=O) groups excluding carboxylic acids is 1. The van der Waals surface area contributed by atoms with Crippen LogP contribution in [0.4, 0.5) is 4.79 Å². The number of urea groups is 1. The molecule has 2 fully saturated rings. The van der Waals surface area contributed by atoms with Gasteiger partial charge in [-0.25, -0.2) is 4.79 Å². The van der Waals surface area contributed by atoms with Crippen molar-refractivity contribution in [3.63, 3.8) is 0 Å². The molecule has 0 bridgehead atoms. The van der Waals surface area contributed by atoms with E-state index in [1.165, 1.54) is 0 Å². The number of amides is 2. The normalized spacial score (nSPS) is 25.8. The lowest BCUT2D eigenvalue weighted by Crippen LogP contribution is -2.39. The molecule has 2 aliphatic heterocycles. The fourth-order valence-electron chi connectivity index (χ4n) is 3.38. The molecule has 0 unspecified atom stereocenters. The number of carbonyl (C=O) groups is 1. The van der Waals surface area contributed by atoms with Crippen LogP contribution in [-0.2, 0) is 6.54 Å². The molecule has 2 amide bonds. The van der Waals surface area contributed by atoms with Crippen molar-refractivity contribution in [2.24, 2.45) is 11.8 Å². The fourth-order valence-corrected chi connectivity index (χ4v) is 3.38. The zero-order valence-electron chi connectivity index (χ0n) is 12.2. The van der Waals surface area contributed by atoms with Gasteiger partial charge in [0.15, 0.2) is 0 Å². The molecule has 0 N–H and O–H groups in total. The minimum absolute atomic E-state index is 0.149. The molecule has 2 aliphatic rings. The predicted octanol–water partition coefficient (Wildman–Crippen LogP) is 1.13. The zero-order valence-corrected chi connectivity index (χ0v) is 12.2. The third-order valence-corrected chi connectivity index (χ3v) is 4.33. The maximum absolute atomic E-state index is 12.0. The molecule has 2 saturated heterocycles. The SMILES string of the molecule is CN(C)C(=O)N1C[C@@H]2CN(Cc3ccccn3)C[C@H]2C1. The van der Waals surface area contributed by atoms with Gasteiger partial charge in [-0.1, -0.05) is 6.07 Å². The quantitative estimate of drug-likeness (QED) is 0.811. The molecule has 5 nitrogen and oxygen atoms in total. The Morgan fingerprint density at radius 1 is 1.25 bits per heavy atom. The Balaban J connectivity index is 1.55. The lowest BCUT2D eigenvalue weighted by atomic mass is 10.0. The maximum Gasteiger partial charge on any atom is 0.319 e. The van der Waals surface area contributed by atoms with Gasteiger partial charge in [-0.15, -0.1) is 0 Å². The summed E-state index contributed by atoms with van der Waals surface area (Å²) < 4.78 is 0. The summed E-state index contributed by atoms with van der Waals surface area (Å²) in [7, 11) is 3.65. The van der Waals surface area contributed by atoms with Gasteiger partial charge in [0, 0.05) is 53.0 Å². The van der Waals surface area contributed by atoms with E-state index in [4.69, 9.17) is 0 Å². The second kappa shape index (κ2) is 5.40. The van der Waals surface area contributed by atoms with Crippen LogP contribution in [0.25, 0.3) is 0 Å². The van der Waals surface area contributed by atoms with E-state index in [2.05, 4.69) is 16.0 Å². The van der Waals surface area contributed by atoms with Crippen LogP contribution in [0.3, 0.4) is 0 Å². The van der Waals surface area contributed by atoms with Crippen molar-refractivity contribution >= 4 is 6.03 Å². The summed E-state index contributed by atoms with van der Waals surface area (Å²) in [6.45, 7) is 4.90. The highest BCUT2D eigenvalue weighted by Gasteiger charge is 2.41. The first-order valence-electron chi connectivity index (χ1n) is 7.22. The van der Waals surface area contributed by atoms with Crippen LogP contribution < -0.4 is 0 Å². The number of aromatic nitrogens is 1. The Bertz CT molecular complexity index is 462. The van der Waals surface area contributed by atoms with Crippen LogP contribution in [0, 0.1) is 11.8 Å². The van der Waals surface area contributed by atoms with E-state index in [-0.39, 0.29) is 6.03 Å². The molecule has 1 aromatic rings. The number of hydrogen-bond donors (Lipinski definition) is 0. The highest BCUT2D eigenvalue weighted by molar-refractivity contribution is 5.74. The lowest BCUT2D eigenvalue weighted by Gasteiger charge is -2.24. The largest absolute Gasteiger partial charge is 0.331 e. The van der Waals surface area contributed by atoms with E-state index >= 15 is 0 Å². The molecular formula is C15H22N4O. The summed E-state index contributed by atoms with van der Waals surface area (Å²) in [5, 5.41) is 0. The monoisotopic (exact) mass is 274 g/mol. The average molecular weight is 274 g/mol. The van der Waals surface area contributed by atoms with Crippen LogP contribution in [-0.4, -0.2) is 66.0 Å². The third-order valence-electron chi connectivity index (χ3n) is 4.33. The van der Waals surface area contributed by atoms with E-state index < -0.39 is 0 Å². The standard InChI is InChI=1S/C15H22N4O/c1-17(2)15(20)19-9-12-7-18(8-13(12)10-19)11-14-5-3-4-6-16-14/h3-6,12-13H,7-11H2,1-2H3/t12-,13-/m0/s1. The van der Waals surface area contributed by atoms with E-state index in [1.807, 2.05) is 37.3 Å². The van der Waals surface area contributed by atoms with Gasteiger partial charge >= 0.3 is 6.03 Å². The Kier molecular flexibility index (Phi) is 3.61. The number of nitrogens with zero attached hydrogens (tertiary/aromatic N) is 4. The van der Waals surface area contributed by atoms with Gasteiger partial charge in [0.2, 0.25) is 0 Å². The summed E-state index contributed by atoms with van der Waals surface area (Å²) in [4.78, 5) is 22.5. The number of pyridine rings is 1. The Hall–Kier alpha value is -1.62. The van der Waals surface area contributed by atoms with E-state index in [0.29, 0.717) is 11.8 Å². The summed E-state index contributed by atoms with van der Waals surface area (Å²) in [5.41, 5.74) is 1.13. The van der Waals surface area contributed by atoms with Crippen molar-refractivity contribution < 1.29 is 4.79 Å². The molecule has 1 aromatic heterocycles. The van der Waals surface area contributed by atoms with Crippen molar-refractivity contribution in [2.45, 2.75) is 6.54 Å². The van der Waals surface area contributed by atoms with Crippen LogP contribution >= 0.6 is 0 Å². The molecule has 2 atom stereocenters. The molecule has 3 rings (SSSR count). The third kappa shape index (κ3) is 2.63. The van der Waals surface area contributed by atoms with Gasteiger partial charge in [0.05, 0.1) is 5.69 Å². The molecule has 20 heavy (non-hydrogen) atoms. The molecular weight excluding hydrogens is 252 g/mol. The molecule has 0 radical (unpaired) electrons. The number of likely N-dealkylation sites (tertiary alicyclic amines) is 2. The topological polar surface area (TPSA) is 39.7 Å². The zero-order chi connectivity index (χ0) is 14.1. The first-order valence-corrected chi connectivity index (χ1v) is 7.22. The minimum Gasteiger partial charge on any atom is -0.331 e. The van der Waals surface area contributed by atoms with Crippen LogP contribution in [0.1, 0.15) is 5.69 Å². The summed E-state index contributed by atoms with van der Waals surface area (Å²) >= 11 is 0. The van der Waals surface area contributed by atoms with Gasteiger partial charge < -0.3 is 9.80 Å². The minimum atomic E-state index is 0.149. The van der Waals surface area contributed by atoms with Crippen molar-refractivity contribution in [3.05, 3.63) is 30.1 Å². The Labute approximate surface area is 120 Å². The molecule has 0 aromatic carbocycles. The van der Waals surface area contributed by atoms with Gasteiger partial charge in [-0.05, 0) is 24.0 Å². The number of fused-ring (bicyclic) bond motifs is 1. The molecule has 3 heterocycles. The Morgan fingerprint density at radius 2 is 1.95 bits per heavy atom. The summed E-state index contributed by atoms with van der Waals surface area (Å²) in [6.07, 6.45) is 1.85. The first-order chi connectivity index (χ1) is 9.63. The second-order valence-electron chi connectivity index (χ2n) is 6.12. The predicted molar refractivity (Wildman–Crippen MR) is 77.2 cm³/mol. The van der Waals surface area contributed by atoms with E-state index in [0.717, 1.165) is 38.4 Å². The highest BCUT2D eigenvalue weighted by atomic mass is 16.2. The second-order valence-corrected chi connectivity index (χ2v) is 6.12. The number of hydrogen-bond acceptors (Lipinski definition) is 3. The number of rotatable bonds is 2. The van der Waals surface area contributed by atoms with Crippen LogP contribution in [0.5, 0.6) is 0 Å². The van der Waals surface area contributed by atoms with Gasteiger partial charge in [0.1, 0.15) is 0 Å². The van der Waals surface area contributed by atoms with Crippen molar-refractivity contribution in [2.75, 3.05) is 40.3 Å². The molecule has 0 aliphatic carbocycles. The summed E-state index contributed by atoms with van der Waals surface area (Å²) in [6, 6.07) is 6.22. The molecule has 0 saturated carbocycles. The van der Waals surface area contributed by atoms with E-state index in [1.54, 1.807) is 4.90 Å². The van der Waals surface area contributed by atoms with Gasteiger partial charge in [-0.2, -0.15) is 0 Å². The summed E-state index contributed by atoms with van der Waals surface area (Å²) in [5.74, 6) is 1.25. The van der Waals surface area contributed by atoms with Crippen LogP contribution in [0.15, 0.2) is 24.4 Å². The first kappa shape index (κ1) is 13.4. The molecule has 108 valence electrons. The van der Waals surface area contributed by atoms with Gasteiger partial charge in [-0.3, -0.25) is 9.88 Å². The Morgan fingerprint density at radius 3 is 2.50 bits per heavy atom. The molecule has 5 heteroatoms. The smallest absolute Gasteiger partial charge is 0.319 e. The molecule has 0 spiro atoms. The van der Waals surface area contributed by atoms with Crippen molar-refractivity contribution in [1.82, 2.24) is 19.7 Å². The average Bonchev–Trinajstić information content (AvgIpc) is 2.96. The van der Waals surface area contributed by atoms with Crippen molar-refractivity contribution in [3.8, 4) is 0 Å². The lowest BCUT2D eigenvalue weighted by molar-refractivity contribution is 0.173. The maximum atomic E-state index is 12.0. The van der Waals surface area contributed by atoms with Crippen LogP contribution in [0.2, 0.25) is 0 Å². The van der Waals surface area contributed by atoms with Gasteiger partial charge in [0.25, 0.3) is 0 Å².